The molecule has 0 bridgehead atoms. The van der Waals surface area contributed by atoms with Gasteiger partial charge in [-0.15, -0.1) is 0 Å². The molecular weight excluding hydrogens is 322 g/mol. The van der Waals surface area contributed by atoms with Gasteiger partial charge in [-0.25, -0.2) is 0 Å². The summed E-state index contributed by atoms with van der Waals surface area (Å²) in [5, 5.41) is 4.29. The predicted molar refractivity (Wildman–Crippen MR) is 85.9 cm³/mol. The molecule has 100 valence electrons. The normalized spacial score (nSPS) is 12.4. The highest BCUT2D eigenvalue weighted by atomic mass is 79.9. The number of nitrogens with one attached hydrogen (secondary N) is 1. The third-order valence-electron chi connectivity index (χ3n) is 3.18. The standard InChI is InChI=1S/C16H17BrClN/c1-3-19-16(13-7-5-4-6-11(13)2)14-9-8-12(18)10-15(14)17/h4-10,16,19H,3H2,1-2H3. The maximum Gasteiger partial charge on any atom is 0.0590 e. The third kappa shape index (κ3) is 3.38. The number of benzene rings is 2. The molecule has 0 heterocycles. The molecule has 2 aromatic carbocycles. The first kappa shape index (κ1) is 14.6. The van der Waals surface area contributed by atoms with E-state index in [4.69, 9.17) is 11.6 Å². The average molecular weight is 339 g/mol. The molecule has 0 saturated heterocycles. The van der Waals surface area contributed by atoms with E-state index in [1.54, 1.807) is 0 Å². The zero-order valence-corrected chi connectivity index (χ0v) is 13.4. The lowest BCUT2D eigenvalue weighted by Gasteiger charge is -2.22. The third-order valence-corrected chi connectivity index (χ3v) is 4.10. The minimum atomic E-state index is 0.179. The SMILES string of the molecule is CCNC(c1ccccc1C)c1ccc(Cl)cc1Br. The van der Waals surface area contributed by atoms with Crippen molar-refractivity contribution in [1.82, 2.24) is 5.32 Å². The molecule has 0 aliphatic heterocycles. The highest BCUT2D eigenvalue weighted by molar-refractivity contribution is 9.10. The fourth-order valence-electron chi connectivity index (χ4n) is 2.24. The van der Waals surface area contributed by atoms with Crippen LogP contribution in [-0.2, 0) is 0 Å². The summed E-state index contributed by atoms with van der Waals surface area (Å²) in [7, 11) is 0. The Morgan fingerprint density at radius 1 is 1.16 bits per heavy atom. The van der Waals surface area contributed by atoms with Crippen LogP contribution in [0.2, 0.25) is 5.02 Å². The summed E-state index contributed by atoms with van der Waals surface area (Å²) in [6.07, 6.45) is 0. The Hall–Kier alpha value is -0.830. The van der Waals surface area contributed by atoms with Gasteiger partial charge < -0.3 is 5.32 Å². The topological polar surface area (TPSA) is 12.0 Å². The first-order chi connectivity index (χ1) is 9.13. The Bertz CT molecular complexity index is 568. The Morgan fingerprint density at radius 2 is 1.89 bits per heavy atom. The average Bonchev–Trinajstić information content (AvgIpc) is 2.38. The maximum atomic E-state index is 6.03. The minimum absolute atomic E-state index is 0.179. The molecule has 0 saturated carbocycles. The second-order valence-corrected chi connectivity index (χ2v) is 5.80. The molecule has 0 radical (unpaired) electrons. The van der Waals surface area contributed by atoms with Gasteiger partial charge >= 0.3 is 0 Å². The largest absolute Gasteiger partial charge is 0.306 e. The molecule has 0 fully saturated rings. The molecule has 1 unspecified atom stereocenters. The summed E-state index contributed by atoms with van der Waals surface area (Å²) < 4.78 is 1.04. The fraction of sp³-hybridized carbons (Fsp3) is 0.250. The van der Waals surface area contributed by atoms with Crippen LogP contribution in [0.5, 0.6) is 0 Å². The van der Waals surface area contributed by atoms with Crippen LogP contribution >= 0.6 is 27.5 Å². The van der Waals surface area contributed by atoms with Crippen molar-refractivity contribution in [2.24, 2.45) is 0 Å². The van der Waals surface area contributed by atoms with E-state index in [-0.39, 0.29) is 6.04 Å². The van der Waals surface area contributed by atoms with Gasteiger partial charge in [0, 0.05) is 9.50 Å². The first-order valence-electron chi connectivity index (χ1n) is 6.37. The number of hydrogen-bond acceptors (Lipinski definition) is 1. The monoisotopic (exact) mass is 337 g/mol. The van der Waals surface area contributed by atoms with Crippen LogP contribution in [0.3, 0.4) is 0 Å². The quantitative estimate of drug-likeness (QED) is 0.817. The van der Waals surface area contributed by atoms with Crippen molar-refractivity contribution >= 4 is 27.5 Å². The molecule has 2 rings (SSSR count). The van der Waals surface area contributed by atoms with E-state index in [1.807, 2.05) is 12.1 Å². The molecule has 3 heteroatoms. The zero-order valence-electron chi connectivity index (χ0n) is 11.1. The van der Waals surface area contributed by atoms with Crippen LogP contribution < -0.4 is 5.32 Å². The van der Waals surface area contributed by atoms with Crippen LogP contribution in [0, 0.1) is 6.92 Å². The van der Waals surface area contributed by atoms with E-state index in [2.05, 4.69) is 65.4 Å². The lowest BCUT2D eigenvalue weighted by atomic mass is 9.95. The first-order valence-corrected chi connectivity index (χ1v) is 7.54. The molecule has 0 amide bonds. The molecule has 0 aromatic heterocycles. The van der Waals surface area contributed by atoms with E-state index < -0.39 is 0 Å². The highest BCUT2D eigenvalue weighted by Gasteiger charge is 2.17. The number of halogens is 2. The molecular formula is C16H17BrClN. The smallest absolute Gasteiger partial charge is 0.0590 e. The van der Waals surface area contributed by atoms with E-state index in [0.29, 0.717) is 0 Å². The van der Waals surface area contributed by atoms with Gasteiger partial charge in [0.15, 0.2) is 0 Å². The van der Waals surface area contributed by atoms with Crippen molar-refractivity contribution in [3.05, 3.63) is 68.7 Å². The Labute approximate surface area is 128 Å². The molecule has 1 nitrogen and oxygen atoms in total. The van der Waals surface area contributed by atoms with E-state index in [9.17, 15) is 0 Å². The van der Waals surface area contributed by atoms with E-state index >= 15 is 0 Å². The van der Waals surface area contributed by atoms with Crippen LogP contribution in [0.25, 0.3) is 0 Å². The fourth-order valence-corrected chi connectivity index (χ4v) is 3.15. The maximum absolute atomic E-state index is 6.03. The van der Waals surface area contributed by atoms with Crippen LogP contribution in [0.15, 0.2) is 46.9 Å². The summed E-state index contributed by atoms with van der Waals surface area (Å²) in [6, 6.07) is 14.6. The molecule has 0 spiro atoms. The van der Waals surface area contributed by atoms with Gasteiger partial charge in [-0.05, 0) is 42.3 Å². The lowest BCUT2D eigenvalue weighted by molar-refractivity contribution is 0.625. The molecule has 0 aliphatic rings. The number of aryl methyl sites for hydroxylation is 1. The Morgan fingerprint density at radius 3 is 2.53 bits per heavy atom. The van der Waals surface area contributed by atoms with E-state index in [1.165, 1.54) is 16.7 Å². The van der Waals surface area contributed by atoms with Crippen LogP contribution in [0.1, 0.15) is 29.7 Å². The van der Waals surface area contributed by atoms with Gasteiger partial charge in [-0.1, -0.05) is 64.8 Å². The summed E-state index contributed by atoms with van der Waals surface area (Å²) >= 11 is 9.64. The summed E-state index contributed by atoms with van der Waals surface area (Å²) in [4.78, 5) is 0. The summed E-state index contributed by atoms with van der Waals surface area (Å²) in [6.45, 7) is 5.17. The van der Waals surface area contributed by atoms with Crippen LogP contribution in [0.4, 0.5) is 0 Å². The van der Waals surface area contributed by atoms with Gasteiger partial charge in [0.2, 0.25) is 0 Å². The van der Waals surface area contributed by atoms with Gasteiger partial charge in [0.1, 0.15) is 0 Å². The zero-order chi connectivity index (χ0) is 13.8. The Kier molecular flexibility index (Phi) is 5.03. The molecule has 1 atom stereocenters. The van der Waals surface area contributed by atoms with E-state index in [0.717, 1.165) is 16.0 Å². The minimum Gasteiger partial charge on any atom is -0.306 e. The van der Waals surface area contributed by atoms with Crippen molar-refractivity contribution in [2.75, 3.05) is 6.54 Å². The predicted octanol–water partition coefficient (Wildman–Crippen LogP) is 5.11. The molecule has 1 N–H and O–H groups in total. The number of rotatable bonds is 4. The highest BCUT2D eigenvalue weighted by Crippen LogP contribution is 2.32. The van der Waals surface area contributed by atoms with Gasteiger partial charge in [-0.2, -0.15) is 0 Å². The molecule has 0 aliphatic carbocycles. The van der Waals surface area contributed by atoms with Crippen molar-refractivity contribution in [2.45, 2.75) is 19.9 Å². The van der Waals surface area contributed by atoms with Crippen molar-refractivity contribution in [1.29, 1.82) is 0 Å². The Balaban J connectivity index is 2.48. The van der Waals surface area contributed by atoms with Gasteiger partial charge in [0.25, 0.3) is 0 Å². The van der Waals surface area contributed by atoms with Gasteiger partial charge in [0.05, 0.1) is 6.04 Å². The number of hydrogen-bond donors (Lipinski definition) is 1. The lowest BCUT2D eigenvalue weighted by Crippen LogP contribution is -2.23. The summed E-state index contributed by atoms with van der Waals surface area (Å²) in [5.41, 5.74) is 3.79. The van der Waals surface area contributed by atoms with Gasteiger partial charge in [-0.3, -0.25) is 0 Å². The molecule has 19 heavy (non-hydrogen) atoms. The van der Waals surface area contributed by atoms with Crippen molar-refractivity contribution in [3.63, 3.8) is 0 Å². The molecule has 2 aromatic rings. The van der Waals surface area contributed by atoms with Crippen molar-refractivity contribution in [3.8, 4) is 0 Å². The van der Waals surface area contributed by atoms with Crippen LogP contribution in [-0.4, -0.2) is 6.54 Å². The summed E-state index contributed by atoms with van der Waals surface area (Å²) in [5.74, 6) is 0. The second-order valence-electron chi connectivity index (χ2n) is 4.51. The second kappa shape index (κ2) is 6.56. The van der Waals surface area contributed by atoms with Crippen molar-refractivity contribution < 1.29 is 0 Å².